The van der Waals surface area contributed by atoms with Gasteiger partial charge in [0, 0.05) is 30.3 Å². The van der Waals surface area contributed by atoms with E-state index in [-0.39, 0.29) is 11.8 Å². The van der Waals surface area contributed by atoms with Crippen LogP contribution in [0.2, 0.25) is 0 Å². The largest absolute Gasteiger partial charge is 0.429 e. The number of benzene rings is 1. The van der Waals surface area contributed by atoms with Crippen molar-refractivity contribution in [3.05, 3.63) is 48.3 Å². The van der Waals surface area contributed by atoms with E-state index < -0.39 is 0 Å². The number of H-pyrrole nitrogens is 1. The molecule has 5 rings (SSSR count). The van der Waals surface area contributed by atoms with Crippen LogP contribution >= 0.6 is 11.3 Å². The van der Waals surface area contributed by atoms with Gasteiger partial charge in [-0.15, -0.1) is 0 Å². The van der Waals surface area contributed by atoms with E-state index in [0.717, 1.165) is 59.3 Å². The lowest BCUT2D eigenvalue weighted by atomic mass is 9.96. The van der Waals surface area contributed by atoms with Gasteiger partial charge in [-0.05, 0) is 38.1 Å². The molecule has 4 heterocycles. The van der Waals surface area contributed by atoms with Gasteiger partial charge in [0.15, 0.2) is 5.75 Å². The van der Waals surface area contributed by atoms with Crippen LogP contribution in [0.5, 0.6) is 10.9 Å². The van der Waals surface area contributed by atoms with Crippen LogP contribution in [0.25, 0.3) is 21.3 Å². The molecule has 7 nitrogen and oxygen atoms in total. The summed E-state index contributed by atoms with van der Waals surface area (Å²) in [7, 11) is 0. The number of primary amides is 1. The lowest BCUT2D eigenvalue weighted by Gasteiger charge is -2.30. The number of aromatic nitrogens is 3. The fraction of sp³-hybridized carbons (Fsp3) is 0.286. The summed E-state index contributed by atoms with van der Waals surface area (Å²) in [4.78, 5) is 26.1. The maximum absolute atomic E-state index is 11.3. The number of piperidine rings is 1. The lowest BCUT2D eigenvalue weighted by molar-refractivity contribution is -0.123. The molecular weight excluding hydrogens is 386 g/mol. The van der Waals surface area contributed by atoms with Gasteiger partial charge in [-0.25, -0.2) is 4.98 Å². The Morgan fingerprint density at radius 3 is 2.93 bits per heavy atom. The van der Waals surface area contributed by atoms with Crippen LogP contribution in [0, 0.1) is 5.92 Å². The van der Waals surface area contributed by atoms with Crippen molar-refractivity contribution in [3.63, 3.8) is 0 Å². The zero-order valence-corrected chi connectivity index (χ0v) is 16.6. The minimum absolute atomic E-state index is 0.00885. The fourth-order valence-electron chi connectivity index (χ4n) is 3.83. The Bertz CT molecular complexity index is 1140. The molecule has 4 aromatic rings. The van der Waals surface area contributed by atoms with Crippen molar-refractivity contribution in [3.8, 4) is 10.9 Å². The Labute approximate surface area is 171 Å². The number of pyridine rings is 1. The quantitative estimate of drug-likeness (QED) is 0.526. The van der Waals surface area contributed by atoms with Crippen LogP contribution in [0.15, 0.2) is 42.7 Å². The number of carbonyl (C=O) groups is 1. The molecule has 0 bridgehead atoms. The van der Waals surface area contributed by atoms with Gasteiger partial charge in [-0.3, -0.25) is 14.7 Å². The number of nitrogens with zero attached hydrogens (tertiary/aromatic N) is 3. The van der Waals surface area contributed by atoms with Gasteiger partial charge in [0.2, 0.25) is 5.91 Å². The molecule has 1 fully saturated rings. The maximum Gasteiger partial charge on any atom is 0.279 e. The van der Waals surface area contributed by atoms with E-state index in [4.69, 9.17) is 10.5 Å². The van der Waals surface area contributed by atoms with Gasteiger partial charge in [0.1, 0.15) is 0 Å². The Morgan fingerprint density at radius 2 is 2.14 bits per heavy atom. The molecule has 1 aromatic carbocycles. The average Bonchev–Trinajstić information content (AvgIpc) is 3.31. The molecule has 0 spiro atoms. The molecule has 0 aliphatic carbocycles. The Morgan fingerprint density at radius 1 is 1.31 bits per heavy atom. The zero-order valence-electron chi connectivity index (χ0n) is 15.8. The van der Waals surface area contributed by atoms with Crippen LogP contribution in [0.4, 0.5) is 0 Å². The molecular formula is C21H21N5O2S. The molecule has 1 saturated heterocycles. The van der Waals surface area contributed by atoms with Crippen LogP contribution < -0.4 is 10.5 Å². The monoisotopic (exact) mass is 407 g/mol. The summed E-state index contributed by atoms with van der Waals surface area (Å²) >= 11 is 1.52. The van der Waals surface area contributed by atoms with E-state index >= 15 is 0 Å². The number of fused-ring (bicyclic) bond motifs is 2. The van der Waals surface area contributed by atoms with Crippen molar-refractivity contribution in [2.45, 2.75) is 19.4 Å². The first kappa shape index (κ1) is 18.1. The number of para-hydroxylation sites is 1. The molecule has 8 heteroatoms. The number of hydrogen-bond donors (Lipinski definition) is 2. The first-order valence-corrected chi connectivity index (χ1v) is 10.5. The van der Waals surface area contributed by atoms with Gasteiger partial charge in [0.25, 0.3) is 5.19 Å². The predicted molar refractivity (Wildman–Crippen MR) is 113 cm³/mol. The molecule has 0 unspecified atom stereocenters. The number of aromatic amines is 1. The van der Waals surface area contributed by atoms with Crippen molar-refractivity contribution in [1.29, 1.82) is 0 Å². The molecule has 0 radical (unpaired) electrons. The summed E-state index contributed by atoms with van der Waals surface area (Å²) in [5, 5.41) is 0.608. The molecule has 3 aromatic heterocycles. The molecule has 1 aliphatic heterocycles. The van der Waals surface area contributed by atoms with Gasteiger partial charge in [-0.1, -0.05) is 23.5 Å². The molecule has 148 valence electrons. The number of nitrogens with two attached hydrogens (primary N) is 1. The summed E-state index contributed by atoms with van der Waals surface area (Å²) in [5.74, 6) is 0.487. The molecule has 29 heavy (non-hydrogen) atoms. The predicted octanol–water partition coefficient (Wildman–Crippen LogP) is 3.66. The van der Waals surface area contributed by atoms with Gasteiger partial charge >= 0.3 is 0 Å². The SMILES string of the molecule is NC(=O)C1CCN(Cc2c[nH]c3cc(Oc4nc5ccccc5s4)cnc23)CC1. The third-order valence-corrected chi connectivity index (χ3v) is 6.35. The summed E-state index contributed by atoms with van der Waals surface area (Å²) in [5.41, 5.74) is 9.38. The van der Waals surface area contributed by atoms with Crippen molar-refractivity contribution < 1.29 is 9.53 Å². The third kappa shape index (κ3) is 3.68. The number of thiazole rings is 1. The second-order valence-corrected chi connectivity index (χ2v) is 8.38. The zero-order chi connectivity index (χ0) is 19.8. The van der Waals surface area contributed by atoms with Gasteiger partial charge < -0.3 is 15.5 Å². The minimum atomic E-state index is -0.181. The molecule has 1 aliphatic rings. The molecule has 0 atom stereocenters. The summed E-state index contributed by atoms with van der Waals surface area (Å²) in [6, 6.07) is 9.93. The number of carbonyl (C=O) groups excluding carboxylic acids is 1. The fourth-order valence-corrected chi connectivity index (χ4v) is 4.67. The van der Waals surface area contributed by atoms with Crippen LogP contribution in [-0.2, 0) is 11.3 Å². The number of ether oxygens (including phenoxy) is 1. The smallest absolute Gasteiger partial charge is 0.279 e. The van der Waals surface area contributed by atoms with E-state index in [1.807, 2.05) is 36.5 Å². The highest BCUT2D eigenvalue weighted by Crippen LogP contribution is 2.32. The molecule has 1 amide bonds. The highest BCUT2D eigenvalue weighted by atomic mass is 32.1. The van der Waals surface area contributed by atoms with Gasteiger partial charge in [-0.2, -0.15) is 0 Å². The minimum Gasteiger partial charge on any atom is -0.429 e. The highest BCUT2D eigenvalue weighted by molar-refractivity contribution is 7.20. The summed E-state index contributed by atoms with van der Waals surface area (Å²) in [6.45, 7) is 2.55. The Balaban J connectivity index is 1.30. The number of hydrogen-bond acceptors (Lipinski definition) is 6. The first-order valence-electron chi connectivity index (χ1n) is 9.67. The molecule has 3 N–H and O–H groups in total. The van der Waals surface area contributed by atoms with Crippen molar-refractivity contribution in [2.75, 3.05) is 13.1 Å². The van der Waals surface area contributed by atoms with Crippen molar-refractivity contribution >= 4 is 38.5 Å². The topological polar surface area (TPSA) is 97.1 Å². The first-order chi connectivity index (χ1) is 14.2. The maximum atomic E-state index is 11.3. The number of rotatable bonds is 5. The van der Waals surface area contributed by atoms with E-state index in [9.17, 15) is 4.79 Å². The average molecular weight is 407 g/mol. The van der Waals surface area contributed by atoms with E-state index in [0.29, 0.717) is 10.9 Å². The van der Waals surface area contributed by atoms with Crippen LogP contribution in [-0.4, -0.2) is 38.8 Å². The van der Waals surface area contributed by atoms with E-state index in [2.05, 4.69) is 19.9 Å². The van der Waals surface area contributed by atoms with Crippen LogP contribution in [0.3, 0.4) is 0 Å². The number of amides is 1. The Hall–Kier alpha value is -2.97. The van der Waals surface area contributed by atoms with Crippen molar-refractivity contribution in [1.82, 2.24) is 19.9 Å². The van der Waals surface area contributed by atoms with E-state index in [1.165, 1.54) is 11.3 Å². The van der Waals surface area contributed by atoms with E-state index in [1.54, 1.807) is 6.20 Å². The van der Waals surface area contributed by atoms with Gasteiger partial charge in [0.05, 0.1) is 27.4 Å². The second-order valence-electron chi connectivity index (χ2n) is 7.38. The molecule has 0 saturated carbocycles. The standard InChI is InChI=1S/C21H21N5O2S/c22-20(27)13-5-7-26(8-6-13)12-14-10-23-17-9-15(11-24-19(14)17)28-21-25-16-3-1-2-4-18(16)29-21/h1-4,9-11,13,23H,5-8,12H2,(H2,22,27). The normalized spacial score (nSPS) is 15.9. The number of nitrogens with one attached hydrogen (secondary N) is 1. The summed E-state index contributed by atoms with van der Waals surface area (Å²) < 4.78 is 7.03. The second kappa shape index (κ2) is 7.46. The highest BCUT2D eigenvalue weighted by Gasteiger charge is 2.23. The Kier molecular flexibility index (Phi) is 4.65. The third-order valence-electron chi connectivity index (χ3n) is 5.43. The summed E-state index contributed by atoms with van der Waals surface area (Å²) in [6.07, 6.45) is 5.39. The lowest BCUT2D eigenvalue weighted by Crippen LogP contribution is -2.38. The number of likely N-dealkylation sites (tertiary alicyclic amines) is 1. The van der Waals surface area contributed by atoms with Crippen LogP contribution in [0.1, 0.15) is 18.4 Å². The van der Waals surface area contributed by atoms with Crippen molar-refractivity contribution in [2.24, 2.45) is 11.7 Å².